The van der Waals surface area contributed by atoms with Crippen molar-refractivity contribution in [1.82, 2.24) is 5.32 Å². The smallest absolute Gasteiger partial charge is 0.270 e. The molecular weight excluding hydrogens is 452 g/mol. The molecule has 1 saturated heterocycles. The molecule has 2 aromatic rings. The van der Waals surface area contributed by atoms with Gasteiger partial charge in [-0.1, -0.05) is 33.6 Å². The van der Waals surface area contributed by atoms with E-state index in [0.29, 0.717) is 22.0 Å². The molecule has 0 saturated carbocycles. The first-order chi connectivity index (χ1) is 12.8. The minimum atomic E-state index is -0.557. The van der Waals surface area contributed by atoms with Gasteiger partial charge in [0.05, 0.1) is 12.8 Å². The fraction of sp³-hybridized carbons (Fsp3) is 0.105. The molecule has 2 aromatic carbocycles. The molecule has 1 fully saturated rings. The highest BCUT2D eigenvalue weighted by Crippen LogP contribution is 2.30. The second-order valence-electron chi connectivity index (χ2n) is 5.77. The van der Waals surface area contributed by atoms with E-state index in [1.807, 2.05) is 13.0 Å². The first-order valence-electron chi connectivity index (χ1n) is 7.83. The molecule has 138 valence electrons. The van der Waals surface area contributed by atoms with Crippen LogP contribution in [-0.4, -0.2) is 24.0 Å². The summed E-state index contributed by atoms with van der Waals surface area (Å²) < 4.78 is 6.14. The van der Waals surface area contributed by atoms with Crippen molar-refractivity contribution >= 4 is 68.4 Å². The predicted molar refractivity (Wildman–Crippen MR) is 113 cm³/mol. The van der Waals surface area contributed by atoms with Gasteiger partial charge in [0.2, 0.25) is 0 Å². The minimum Gasteiger partial charge on any atom is -0.496 e. The van der Waals surface area contributed by atoms with E-state index in [1.165, 1.54) is 11.0 Å². The van der Waals surface area contributed by atoms with E-state index in [2.05, 4.69) is 21.2 Å². The number of benzene rings is 2. The summed E-state index contributed by atoms with van der Waals surface area (Å²) in [6.07, 6.45) is 1.50. The fourth-order valence-electron chi connectivity index (χ4n) is 2.64. The molecule has 0 aliphatic carbocycles. The molecule has 5 nitrogen and oxygen atoms in total. The monoisotopic (exact) mass is 464 g/mol. The Hall–Kier alpha value is -2.22. The van der Waals surface area contributed by atoms with Gasteiger partial charge in [-0.25, -0.2) is 0 Å². The Bertz CT molecular complexity index is 1010. The summed E-state index contributed by atoms with van der Waals surface area (Å²) in [5, 5.41) is 3.01. The Morgan fingerprint density at radius 1 is 1.26 bits per heavy atom. The third-order valence-corrected chi connectivity index (χ3v) is 5.36. The van der Waals surface area contributed by atoms with Gasteiger partial charge >= 0.3 is 0 Å². The number of nitrogens with one attached hydrogen (secondary N) is 1. The van der Waals surface area contributed by atoms with Gasteiger partial charge < -0.3 is 4.74 Å². The predicted octanol–water partition coefficient (Wildman–Crippen LogP) is 4.25. The zero-order chi connectivity index (χ0) is 19.7. The van der Waals surface area contributed by atoms with Gasteiger partial charge in [0, 0.05) is 15.1 Å². The van der Waals surface area contributed by atoms with E-state index < -0.39 is 11.8 Å². The van der Waals surface area contributed by atoms with Crippen molar-refractivity contribution in [3.8, 4) is 5.75 Å². The Balaban J connectivity index is 2.06. The first-order valence-corrected chi connectivity index (χ1v) is 9.41. The minimum absolute atomic E-state index is 0.00656. The summed E-state index contributed by atoms with van der Waals surface area (Å²) in [5.41, 5.74) is 2.00. The van der Waals surface area contributed by atoms with Crippen LogP contribution < -0.4 is 15.0 Å². The summed E-state index contributed by atoms with van der Waals surface area (Å²) in [4.78, 5) is 26.6. The molecule has 0 unspecified atom stereocenters. The molecule has 2 amide bonds. The number of halogens is 2. The van der Waals surface area contributed by atoms with E-state index in [0.717, 1.165) is 10.0 Å². The second kappa shape index (κ2) is 7.80. The molecule has 0 spiro atoms. The van der Waals surface area contributed by atoms with Crippen molar-refractivity contribution in [2.45, 2.75) is 6.92 Å². The average molecular weight is 466 g/mol. The molecular formula is C19H14BrClN2O3S. The molecule has 1 aliphatic heterocycles. The lowest BCUT2D eigenvalue weighted by Crippen LogP contribution is -2.54. The van der Waals surface area contributed by atoms with E-state index >= 15 is 0 Å². The topological polar surface area (TPSA) is 58.6 Å². The number of amides is 2. The molecule has 27 heavy (non-hydrogen) atoms. The molecule has 0 atom stereocenters. The zero-order valence-corrected chi connectivity index (χ0v) is 17.5. The van der Waals surface area contributed by atoms with Gasteiger partial charge in [0.15, 0.2) is 5.11 Å². The van der Waals surface area contributed by atoms with Gasteiger partial charge in [0.25, 0.3) is 11.8 Å². The average Bonchev–Trinajstić information content (AvgIpc) is 2.61. The summed E-state index contributed by atoms with van der Waals surface area (Å²) in [6.45, 7) is 1.90. The van der Waals surface area contributed by atoms with Crippen molar-refractivity contribution in [3.63, 3.8) is 0 Å². The summed E-state index contributed by atoms with van der Waals surface area (Å²) >= 11 is 14.7. The molecule has 0 aromatic heterocycles. The summed E-state index contributed by atoms with van der Waals surface area (Å²) in [6, 6.07) is 10.2. The normalized spacial score (nSPS) is 15.9. The van der Waals surface area contributed by atoms with Crippen LogP contribution in [0.4, 0.5) is 5.69 Å². The fourth-order valence-corrected chi connectivity index (χ4v) is 3.57. The number of carbonyl (C=O) groups excluding carboxylic acids is 2. The van der Waals surface area contributed by atoms with Crippen molar-refractivity contribution in [2.75, 3.05) is 12.0 Å². The third kappa shape index (κ3) is 3.90. The van der Waals surface area contributed by atoms with Crippen LogP contribution in [0.5, 0.6) is 5.75 Å². The maximum atomic E-state index is 13.0. The van der Waals surface area contributed by atoms with Crippen LogP contribution in [0.15, 0.2) is 46.4 Å². The highest BCUT2D eigenvalue weighted by atomic mass is 79.9. The molecule has 1 N–H and O–H groups in total. The van der Waals surface area contributed by atoms with Gasteiger partial charge in [-0.3, -0.25) is 19.8 Å². The SMILES string of the molecule is COc1cc(/C=C2\C(=O)NC(=S)N(c3cccc(Cl)c3)C2=O)cc(Br)c1C. The molecule has 3 rings (SSSR count). The van der Waals surface area contributed by atoms with E-state index in [4.69, 9.17) is 28.6 Å². The van der Waals surface area contributed by atoms with E-state index in [9.17, 15) is 9.59 Å². The maximum absolute atomic E-state index is 13.0. The van der Waals surface area contributed by atoms with Gasteiger partial charge in [-0.05, 0) is 61.1 Å². The van der Waals surface area contributed by atoms with Crippen molar-refractivity contribution in [1.29, 1.82) is 0 Å². The highest BCUT2D eigenvalue weighted by Gasteiger charge is 2.34. The van der Waals surface area contributed by atoms with Gasteiger partial charge in [-0.15, -0.1) is 0 Å². The lowest BCUT2D eigenvalue weighted by molar-refractivity contribution is -0.122. The molecule has 1 aliphatic rings. The van der Waals surface area contributed by atoms with Crippen molar-refractivity contribution in [3.05, 3.63) is 62.6 Å². The van der Waals surface area contributed by atoms with Gasteiger partial charge in [-0.2, -0.15) is 0 Å². The Morgan fingerprint density at radius 2 is 2.00 bits per heavy atom. The Kier molecular flexibility index (Phi) is 5.64. The Labute approximate surface area is 175 Å². The summed E-state index contributed by atoms with van der Waals surface area (Å²) in [5.74, 6) is -0.442. The summed E-state index contributed by atoms with van der Waals surface area (Å²) in [7, 11) is 1.56. The van der Waals surface area contributed by atoms with Crippen LogP contribution >= 0.6 is 39.7 Å². The van der Waals surface area contributed by atoms with Crippen LogP contribution in [0.1, 0.15) is 11.1 Å². The lowest BCUT2D eigenvalue weighted by Gasteiger charge is -2.29. The molecule has 8 heteroatoms. The number of rotatable bonds is 3. The second-order valence-corrected chi connectivity index (χ2v) is 7.45. The largest absolute Gasteiger partial charge is 0.496 e. The van der Waals surface area contributed by atoms with Crippen molar-refractivity contribution in [2.24, 2.45) is 0 Å². The van der Waals surface area contributed by atoms with Crippen LogP contribution in [0, 0.1) is 6.92 Å². The number of carbonyl (C=O) groups is 2. The van der Waals surface area contributed by atoms with Crippen LogP contribution in [0.3, 0.4) is 0 Å². The quantitative estimate of drug-likeness (QED) is 0.418. The number of anilines is 1. The molecule has 0 radical (unpaired) electrons. The number of methoxy groups -OCH3 is 1. The Morgan fingerprint density at radius 3 is 2.67 bits per heavy atom. The lowest BCUT2D eigenvalue weighted by atomic mass is 10.0. The van der Waals surface area contributed by atoms with Crippen LogP contribution in [-0.2, 0) is 9.59 Å². The molecule has 0 bridgehead atoms. The number of ether oxygens (including phenoxy) is 1. The van der Waals surface area contributed by atoms with Crippen molar-refractivity contribution < 1.29 is 14.3 Å². The third-order valence-electron chi connectivity index (χ3n) is 4.02. The number of thiocarbonyl (C=S) groups is 1. The maximum Gasteiger partial charge on any atom is 0.270 e. The standard InChI is InChI=1S/C19H14BrClN2O3S/c1-10-15(20)7-11(8-16(10)26-2)6-14-17(24)22-19(27)23(18(14)25)13-5-3-4-12(21)9-13/h3-9H,1-2H3,(H,22,24,27)/b14-6+. The van der Waals surface area contributed by atoms with Crippen LogP contribution in [0.25, 0.3) is 6.08 Å². The van der Waals surface area contributed by atoms with E-state index in [-0.39, 0.29) is 10.7 Å². The first kappa shape index (κ1) is 19.5. The van der Waals surface area contributed by atoms with Gasteiger partial charge in [0.1, 0.15) is 11.3 Å². The van der Waals surface area contributed by atoms with Crippen LogP contribution in [0.2, 0.25) is 5.02 Å². The number of hydrogen-bond acceptors (Lipinski definition) is 4. The van der Waals surface area contributed by atoms with E-state index in [1.54, 1.807) is 37.4 Å². The number of nitrogens with zero attached hydrogens (tertiary/aromatic N) is 1. The highest BCUT2D eigenvalue weighted by molar-refractivity contribution is 9.10. The number of hydrogen-bond donors (Lipinski definition) is 1. The molecule has 1 heterocycles. The zero-order valence-electron chi connectivity index (χ0n) is 14.4.